The molecule has 2 heteroatoms. The second-order valence-corrected chi connectivity index (χ2v) is 3.61. The molecule has 0 N–H and O–H groups in total. The third-order valence-corrected chi connectivity index (χ3v) is 2.28. The lowest BCUT2D eigenvalue weighted by Gasteiger charge is -2.08. The molecule has 0 spiro atoms. The van der Waals surface area contributed by atoms with Crippen molar-refractivity contribution in [3.8, 4) is 0 Å². The Morgan fingerprint density at radius 1 is 1.62 bits per heavy atom. The van der Waals surface area contributed by atoms with E-state index in [0.29, 0.717) is 6.04 Å². The van der Waals surface area contributed by atoms with Gasteiger partial charge < -0.3 is 4.57 Å². The molecule has 0 aromatic carbocycles. The van der Waals surface area contributed by atoms with Crippen molar-refractivity contribution in [1.82, 2.24) is 9.55 Å². The molecule has 0 aliphatic heterocycles. The van der Waals surface area contributed by atoms with Gasteiger partial charge in [-0.05, 0) is 33.6 Å². The largest absolute Gasteiger partial charge is 0.332 e. The molecule has 0 bridgehead atoms. The fraction of sp³-hybridized carbons (Fsp3) is 0.545. The SMILES string of the molecule is C=CCCc1ncn(C(C)C)c1C. The van der Waals surface area contributed by atoms with Crippen molar-refractivity contribution in [1.29, 1.82) is 0 Å². The Morgan fingerprint density at radius 3 is 2.77 bits per heavy atom. The molecule has 13 heavy (non-hydrogen) atoms. The Balaban J connectivity index is 2.80. The highest BCUT2D eigenvalue weighted by Crippen LogP contribution is 2.13. The summed E-state index contributed by atoms with van der Waals surface area (Å²) in [4.78, 5) is 4.39. The van der Waals surface area contributed by atoms with Crippen molar-refractivity contribution in [2.24, 2.45) is 0 Å². The Bertz CT molecular complexity index is 284. The van der Waals surface area contributed by atoms with Gasteiger partial charge in [-0.25, -0.2) is 4.98 Å². The molecule has 1 aromatic rings. The minimum atomic E-state index is 0.505. The van der Waals surface area contributed by atoms with E-state index in [9.17, 15) is 0 Å². The maximum absolute atomic E-state index is 4.39. The first-order chi connectivity index (χ1) is 6.16. The van der Waals surface area contributed by atoms with Crippen LogP contribution < -0.4 is 0 Å². The van der Waals surface area contributed by atoms with Gasteiger partial charge in [-0.15, -0.1) is 6.58 Å². The summed E-state index contributed by atoms with van der Waals surface area (Å²) in [5, 5.41) is 0. The third-order valence-electron chi connectivity index (χ3n) is 2.28. The molecule has 1 heterocycles. The van der Waals surface area contributed by atoms with E-state index in [1.54, 1.807) is 0 Å². The first kappa shape index (κ1) is 10.0. The van der Waals surface area contributed by atoms with E-state index < -0.39 is 0 Å². The topological polar surface area (TPSA) is 17.8 Å². The van der Waals surface area contributed by atoms with Crippen molar-refractivity contribution in [3.63, 3.8) is 0 Å². The zero-order valence-electron chi connectivity index (χ0n) is 8.75. The minimum Gasteiger partial charge on any atom is -0.332 e. The average Bonchev–Trinajstić information content (AvgIpc) is 2.43. The normalized spacial score (nSPS) is 10.8. The van der Waals surface area contributed by atoms with Gasteiger partial charge in [0, 0.05) is 11.7 Å². The van der Waals surface area contributed by atoms with Gasteiger partial charge >= 0.3 is 0 Å². The standard InChI is InChI=1S/C11H18N2/c1-5-6-7-11-10(4)13(8-12-11)9(2)3/h5,8-9H,1,6-7H2,2-4H3. The molecule has 0 saturated carbocycles. The smallest absolute Gasteiger partial charge is 0.0953 e. The van der Waals surface area contributed by atoms with E-state index in [0.717, 1.165) is 12.8 Å². The maximum Gasteiger partial charge on any atom is 0.0953 e. The van der Waals surface area contributed by atoms with Crippen LogP contribution in [0.15, 0.2) is 19.0 Å². The lowest BCUT2D eigenvalue weighted by molar-refractivity contribution is 0.584. The number of allylic oxidation sites excluding steroid dienone is 1. The quantitative estimate of drug-likeness (QED) is 0.648. The van der Waals surface area contributed by atoms with Gasteiger partial charge in [-0.2, -0.15) is 0 Å². The van der Waals surface area contributed by atoms with Crippen molar-refractivity contribution in [2.75, 3.05) is 0 Å². The molecule has 2 nitrogen and oxygen atoms in total. The molecule has 0 atom stereocenters. The fourth-order valence-corrected chi connectivity index (χ4v) is 1.47. The van der Waals surface area contributed by atoms with Gasteiger partial charge in [-0.1, -0.05) is 6.08 Å². The first-order valence-electron chi connectivity index (χ1n) is 4.80. The van der Waals surface area contributed by atoms with Crippen LogP contribution in [0.2, 0.25) is 0 Å². The number of rotatable bonds is 4. The summed E-state index contributed by atoms with van der Waals surface area (Å²) in [7, 11) is 0. The predicted molar refractivity (Wildman–Crippen MR) is 55.9 cm³/mol. The Hall–Kier alpha value is -1.05. The first-order valence-corrected chi connectivity index (χ1v) is 4.80. The van der Waals surface area contributed by atoms with E-state index >= 15 is 0 Å². The lowest BCUT2D eigenvalue weighted by atomic mass is 10.2. The third kappa shape index (κ3) is 2.20. The van der Waals surface area contributed by atoms with Crippen LogP contribution in [-0.2, 0) is 6.42 Å². The second-order valence-electron chi connectivity index (χ2n) is 3.61. The lowest BCUT2D eigenvalue weighted by Crippen LogP contribution is -2.01. The van der Waals surface area contributed by atoms with Gasteiger partial charge in [-0.3, -0.25) is 0 Å². The van der Waals surface area contributed by atoms with Crippen molar-refractivity contribution in [2.45, 2.75) is 39.7 Å². The molecule has 1 rings (SSSR count). The molecule has 0 fully saturated rings. The number of imidazole rings is 1. The minimum absolute atomic E-state index is 0.505. The second kappa shape index (κ2) is 4.26. The summed E-state index contributed by atoms with van der Waals surface area (Å²) in [5.74, 6) is 0. The highest BCUT2D eigenvalue weighted by molar-refractivity contribution is 5.12. The Kier molecular flexibility index (Phi) is 3.29. The number of aryl methyl sites for hydroxylation is 1. The monoisotopic (exact) mass is 178 g/mol. The summed E-state index contributed by atoms with van der Waals surface area (Å²) >= 11 is 0. The van der Waals surface area contributed by atoms with Gasteiger partial charge in [0.15, 0.2) is 0 Å². The highest BCUT2D eigenvalue weighted by atomic mass is 15.1. The summed E-state index contributed by atoms with van der Waals surface area (Å²) in [6, 6.07) is 0.505. The molecule has 0 aliphatic carbocycles. The van der Waals surface area contributed by atoms with Crippen LogP contribution in [0.25, 0.3) is 0 Å². The zero-order chi connectivity index (χ0) is 9.84. The molecule has 0 aliphatic rings. The van der Waals surface area contributed by atoms with E-state index in [1.807, 2.05) is 12.4 Å². The van der Waals surface area contributed by atoms with Crippen LogP contribution in [0.1, 0.15) is 37.7 Å². The number of hydrogen-bond acceptors (Lipinski definition) is 1. The van der Waals surface area contributed by atoms with Gasteiger partial charge in [0.1, 0.15) is 0 Å². The molecule has 0 radical (unpaired) electrons. The van der Waals surface area contributed by atoms with Crippen LogP contribution in [0.5, 0.6) is 0 Å². The Labute approximate surface area is 80.3 Å². The van der Waals surface area contributed by atoms with Gasteiger partial charge in [0.25, 0.3) is 0 Å². The molecule has 0 saturated heterocycles. The van der Waals surface area contributed by atoms with E-state index in [2.05, 4.69) is 36.9 Å². The molecule has 1 aromatic heterocycles. The average molecular weight is 178 g/mol. The highest BCUT2D eigenvalue weighted by Gasteiger charge is 2.07. The molecule has 0 amide bonds. The summed E-state index contributed by atoms with van der Waals surface area (Å²) in [6.07, 6.45) is 5.89. The number of aromatic nitrogens is 2. The van der Waals surface area contributed by atoms with Gasteiger partial charge in [0.2, 0.25) is 0 Å². The maximum atomic E-state index is 4.39. The van der Waals surface area contributed by atoms with E-state index in [1.165, 1.54) is 11.4 Å². The van der Waals surface area contributed by atoms with E-state index in [-0.39, 0.29) is 0 Å². The van der Waals surface area contributed by atoms with Gasteiger partial charge in [0.05, 0.1) is 12.0 Å². The predicted octanol–water partition coefficient (Wildman–Crippen LogP) is 2.89. The van der Waals surface area contributed by atoms with Crippen molar-refractivity contribution >= 4 is 0 Å². The summed E-state index contributed by atoms with van der Waals surface area (Å²) < 4.78 is 2.21. The number of nitrogens with zero attached hydrogens (tertiary/aromatic N) is 2. The molecular formula is C11H18N2. The Morgan fingerprint density at radius 2 is 2.31 bits per heavy atom. The fourth-order valence-electron chi connectivity index (χ4n) is 1.47. The van der Waals surface area contributed by atoms with Crippen molar-refractivity contribution in [3.05, 3.63) is 30.4 Å². The molecule has 0 unspecified atom stereocenters. The van der Waals surface area contributed by atoms with Crippen LogP contribution in [0.4, 0.5) is 0 Å². The summed E-state index contributed by atoms with van der Waals surface area (Å²) in [6.45, 7) is 10.2. The van der Waals surface area contributed by atoms with Crippen LogP contribution in [-0.4, -0.2) is 9.55 Å². The zero-order valence-corrected chi connectivity index (χ0v) is 8.75. The van der Waals surface area contributed by atoms with Crippen LogP contribution in [0, 0.1) is 6.92 Å². The number of hydrogen-bond donors (Lipinski definition) is 0. The van der Waals surface area contributed by atoms with Crippen LogP contribution >= 0.6 is 0 Å². The van der Waals surface area contributed by atoms with E-state index in [4.69, 9.17) is 0 Å². The van der Waals surface area contributed by atoms with Crippen molar-refractivity contribution < 1.29 is 0 Å². The summed E-state index contributed by atoms with van der Waals surface area (Å²) in [5.41, 5.74) is 2.49. The molecular weight excluding hydrogens is 160 g/mol. The molecule has 72 valence electrons. The van der Waals surface area contributed by atoms with Crippen LogP contribution in [0.3, 0.4) is 0 Å².